The molecular formula is C12H16FNO2. The molecule has 0 bridgehead atoms. The van der Waals surface area contributed by atoms with Crippen molar-refractivity contribution >= 4 is 5.97 Å². The zero-order valence-corrected chi connectivity index (χ0v) is 9.53. The first-order valence-electron chi connectivity index (χ1n) is 5.25. The van der Waals surface area contributed by atoms with Gasteiger partial charge in [-0.3, -0.25) is 0 Å². The molecule has 0 aliphatic heterocycles. The van der Waals surface area contributed by atoms with Gasteiger partial charge in [0.2, 0.25) is 0 Å². The van der Waals surface area contributed by atoms with E-state index in [1.54, 1.807) is 0 Å². The quantitative estimate of drug-likeness (QED) is 0.836. The summed E-state index contributed by atoms with van der Waals surface area (Å²) < 4.78 is 13.4. The largest absolute Gasteiger partial charge is 0.478 e. The summed E-state index contributed by atoms with van der Waals surface area (Å²) in [5.74, 6) is -1.38. The summed E-state index contributed by atoms with van der Waals surface area (Å²) in [6, 6.07) is 3.88. The van der Waals surface area contributed by atoms with E-state index in [9.17, 15) is 9.18 Å². The third-order valence-electron chi connectivity index (χ3n) is 2.34. The minimum Gasteiger partial charge on any atom is -0.478 e. The Kier molecular flexibility index (Phi) is 4.43. The lowest BCUT2D eigenvalue weighted by Gasteiger charge is -2.16. The number of halogens is 1. The smallest absolute Gasteiger partial charge is 0.335 e. The maximum Gasteiger partial charge on any atom is 0.335 e. The van der Waals surface area contributed by atoms with Crippen LogP contribution in [0.2, 0.25) is 0 Å². The zero-order chi connectivity index (χ0) is 12.1. The van der Waals surface area contributed by atoms with Gasteiger partial charge in [-0.25, -0.2) is 9.18 Å². The fraction of sp³-hybridized carbons (Fsp3) is 0.417. The molecular weight excluding hydrogens is 209 g/mol. The van der Waals surface area contributed by atoms with Crippen molar-refractivity contribution in [2.24, 2.45) is 0 Å². The molecule has 0 heterocycles. The van der Waals surface area contributed by atoms with Crippen molar-refractivity contribution in [3.8, 4) is 0 Å². The molecule has 16 heavy (non-hydrogen) atoms. The standard InChI is InChI=1S/C12H16FNO2/c1-3-6-14(2)8-10-7-9(12(15)16)4-5-11(10)13/h4-5,7H,3,6,8H2,1-2H3,(H,15,16). The molecule has 1 N–H and O–H groups in total. The summed E-state index contributed by atoms with van der Waals surface area (Å²) in [5.41, 5.74) is 0.553. The normalized spacial score (nSPS) is 10.8. The van der Waals surface area contributed by atoms with E-state index in [1.807, 2.05) is 18.9 Å². The Balaban J connectivity index is 2.85. The second-order valence-corrected chi connectivity index (χ2v) is 3.85. The first-order chi connectivity index (χ1) is 7.54. The third-order valence-corrected chi connectivity index (χ3v) is 2.34. The lowest BCUT2D eigenvalue weighted by atomic mass is 10.1. The summed E-state index contributed by atoms with van der Waals surface area (Å²) >= 11 is 0. The number of carboxylic acids is 1. The van der Waals surface area contributed by atoms with Crippen LogP contribution in [0.4, 0.5) is 4.39 Å². The molecule has 0 saturated carbocycles. The van der Waals surface area contributed by atoms with Crippen LogP contribution in [-0.4, -0.2) is 29.6 Å². The lowest BCUT2D eigenvalue weighted by Crippen LogP contribution is -2.19. The van der Waals surface area contributed by atoms with Crippen molar-refractivity contribution in [3.05, 3.63) is 35.1 Å². The molecule has 0 aliphatic rings. The summed E-state index contributed by atoms with van der Waals surface area (Å²) in [5, 5.41) is 8.80. The van der Waals surface area contributed by atoms with Gasteiger partial charge in [-0.15, -0.1) is 0 Å². The van der Waals surface area contributed by atoms with Crippen molar-refractivity contribution in [2.45, 2.75) is 19.9 Å². The van der Waals surface area contributed by atoms with E-state index >= 15 is 0 Å². The predicted molar refractivity (Wildman–Crippen MR) is 60.0 cm³/mol. The number of nitrogens with zero attached hydrogens (tertiary/aromatic N) is 1. The van der Waals surface area contributed by atoms with Crippen molar-refractivity contribution in [1.29, 1.82) is 0 Å². The zero-order valence-electron chi connectivity index (χ0n) is 9.53. The number of aromatic carboxylic acids is 1. The molecule has 1 aromatic rings. The second-order valence-electron chi connectivity index (χ2n) is 3.85. The summed E-state index contributed by atoms with van der Waals surface area (Å²) in [6.07, 6.45) is 0.983. The molecule has 0 aliphatic carbocycles. The summed E-state index contributed by atoms with van der Waals surface area (Å²) in [4.78, 5) is 12.7. The van der Waals surface area contributed by atoms with E-state index in [0.29, 0.717) is 12.1 Å². The molecule has 1 rings (SSSR count). The highest BCUT2D eigenvalue weighted by Crippen LogP contribution is 2.12. The first-order valence-corrected chi connectivity index (χ1v) is 5.25. The van der Waals surface area contributed by atoms with Crippen LogP contribution in [0.15, 0.2) is 18.2 Å². The maximum absolute atomic E-state index is 13.4. The van der Waals surface area contributed by atoms with Gasteiger partial charge in [0.15, 0.2) is 0 Å². The minimum atomic E-state index is -1.03. The van der Waals surface area contributed by atoms with Gasteiger partial charge in [-0.05, 0) is 38.2 Å². The molecule has 0 aromatic heterocycles. The van der Waals surface area contributed by atoms with E-state index in [2.05, 4.69) is 0 Å². The number of hydrogen-bond donors (Lipinski definition) is 1. The van der Waals surface area contributed by atoms with Gasteiger partial charge in [0.25, 0.3) is 0 Å². The van der Waals surface area contributed by atoms with Gasteiger partial charge in [-0.1, -0.05) is 6.92 Å². The number of hydrogen-bond acceptors (Lipinski definition) is 2. The minimum absolute atomic E-state index is 0.126. The van der Waals surface area contributed by atoms with Crippen LogP contribution in [-0.2, 0) is 6.54 Å². The Morgan fingerprint density at radius 3 is 2.75 bits per heavy atom. The van der Waals surface area contributed by atoms with Gasteiger partial charge >= 0.3 is 5.97 Å². The number of rotatable bonds is 5. The Morgan fingerprint density at radius 2 is 2.19 bits per heavy atom. The fourth-order valence-corrected chi connectivity index (χ4v) is 1.58. The molecule has 0 saturated heterocycles. The Hall–Kier alpha value is -1.42. The molecule has 0 unspecified atom stereocenters. The summed E-state index contributed by atoms with van der Waals surface area (Å²) in [7, 11) is 1.89. The molecule has 1 aromatic carbocycles. The Labute approximate surface area is 94.5 Å². The Morgan fingerprint density at radius 1 is 1.50 bits per heavy atom. The second kappa shape index (κ2) is 5.61. The molecule has 0 fully saturated rings. The SMILES string of the molecule is CCCN(C)Cc1cc(C(=O)O)ccc1F. The van der Waals surface area contributed by atoms with Crippen LogP contribution < -0.4 is 0 Å². The molecule has 0 atom stereocenters. The van der Waals surface area contributed by atoms with Crippen LogP contribution >= 0.6 is 0 Å². The highest BCUT2D eigenvalue weighted by Gasteiger charge is 2.09. The van der Waals surface area contributed by atoms with Gasteiger partial charge in [0, 0.05) is 12.1 Å². The third kappa shape index (κ3) is 3.31. The highest BCUT2D eigenvalue weighted by atomic mass is 19.1. The van der Waals surface area contributed by atoms with Crippen LogP contribution in [0.5, 0.6) is 0 Å². The van der Waals surface area contributed by atoms with E-state index in [1.165, 1.54) is 18.2 Å². The van der Waals surface area contributed by atoms with E-state index in [0.717, 1.165) is 13.0 Å². The molecule has 0 radical (unpaired) electrons. The Bertz CT molecular complexity index is 379. The van der Waals surface area contributed by atoms with E-state index < -0.39 is 5.97 Å². The van der Waals surface area contributed by atoms with E-state index in [4.69, 9.17) is 5.11 Å². The topological polar surface area (TPSA) is 40.5 Å². The highest BCUT2D eigenvalue weighted by molar-refractivity contribution is 5.87. The van der Waals surface area contributed by atoms with Gasteiger partial charge in [0.05, 0.1) is 5.56 Å². The summed E-state index contributed by atoms with van der Waals surface area (Å²) in [6.45, 7) is 3.33. The van der Waals surface area contributed by atoms with Crippen molar-refractivity contribution in [2.75, 3.05) is 13.6 Å². The maximum atomic E-state index is 13.4. The van der Waals surface area contributed by atoms with Crippen molar-refractivity contribution < 1.29 is 14.3 Å². The monoisotopic (exact) mass is 225 g/mol. The van der Waals surface area contributed by atoms with Crippen molar-refractivity contribution in [1.82, 2.24) is 4.90 Å². The van der Waals surface area contributed by atoms with Gasteiger partial charge in [-0.2, -0.15) is 0 Å². The first kappa shape index (κ1) is 12.6. The predicted octanol–water partition coefficient (Wildman–Crippen LogP) is 2.37. The van der Waals surface area contributed by atoms with Crippen molar-refractivity contribution in [3.63, 3.8) is 0 Å². The van der Waals surface area contributed by atoms with Gasteiger partial charge in [0.1, 0.15) is 5.82 Å². The average Bonchev–Trinajstić information content (AvgIpc) is 2.21. The number of benzene rings is 1. The molecule has 0 spiro atoms. The number of carboxylic acid groups (broad SMARTS) is 1. The van der Waals surface area contributed by atoms with Crippen LogP contribution in [0.1, 0.15) is 29.3 Å². The average molecular weight is 225 g/mol. The van der Waals surface area contributed by atoms with E-state index in [-0.39, 0.29) is 11.4 Å². The lowest BCUT2D eigenvalue weighted by molar-refractivity contribution is 0.0696. The molecule has 0 amide bonds. The van der Waals surface area contributed by atoms with Crippen LogP contribution in [0.25, 0.3) is 0 Å². The van der Waals surface area contributed by atoms with Gasteiger partial charge < -0.3 is 10.0 Å². The molecule has 3 nitrogen and oxygen atoms in total. The molecule has 4 heteroatoms. The van der Waals surface area contributed by atoms with Crippen LogP contribution in [0, 0.1) is 5.82 Å². The number of carbonyl (C=O) groups is 1. The fourth-order valence-electron chi connectivity index (χ4n) is 1.58. The van der Waals surface area contributed by atoms with Crippen LogP contribution in [0.3, 0.4) is 0 Å². The molecule has 88 valence electrons.